The normalized spacial score (nSPS) is 17.0. The van der Waals surface area contributed by atoms with Crippen LogP contribution in [-0.2, 0) is 11.2 Å². The fraction of sp³-hybridized carbons (Fsp3) is 0.333. The van der Waals surface area contributed by atoms with E-state index in [-0.39, 0.29) is 11.8 Å². The van der Waals surface area contributed by atoms with Crippen molar-refractivity contribution in [3.8, 4) is 0 Å². The van der Waals surface area contributed by atoms with Crippen molar-refractivity contribution in [3.05, 3.63) is 51.7 Å². The highest BCUT2D eigenvalue weighted by molar-refractivity contribution is 7.14. The molecule has 0 aliphatic carbocycles. The molecule has 3 heterocycles. The quantitative estimate of drug-likeness (QED) is 0.842. The summed E-state index contributed by atoms with van der Waals surface area (Å²) in [5.41, 5.74) is 1.57. The zero-order valence-electron chi connectivity index (χ0n) is 13.2. The molecule has 1 aromatic heterocycles. The summed E-state index contributed by atoms with van der Waals surface area (Å²) in [6, 6.07) is 11.2. The van der Waals surface area contributed by atoms with Crippen molar-refractivity contribution in [2.75, 3.05) is 37.7 Å². The van der Waals surface area contributed by atoms with Crippen LogP contribution in [0.25, 0.3) is 0 Å². The third-order valence-corrected chi connectivity index (χ3v) is 5.59. The Labute approximate surface area is 144 Å². The zero-order valence-corrected chi connectivity index (χ0v) is 14.1. The molecule has 0 bridgehead atoms. The van der Waals surface area contributed by atoms with Gasteiger partial charge in [0.25, 0.3) is 11.8 Å². The Balaban J connectivity index is 1.57. The molecule has 6 heteroatoms. The summed E-state index contributed by atoms with van der Waals surface area (Å²) >= 11 is 1.51. The van der Waals surface area contributed by atoms with Crippen molar-refractivity contribution >= 4 is 28.8 Å². The molecule has 2 aliphatic heterocycles. The Morgan fingerprint density at radius 1 is 1.00 bits per heavy atom. The number of hydrogen-bond acceptors (Lipinski definition) is 4. The summed E-state index contributed by atoms with van der Waals surface area (Å²) in [4.78, 5) is 30.8. The second-order valence-electron chi connectivity index (χ2n) is 5.90. The molecule has 2 aromatic rings. The van der Waals surface area contributed by atoms with E-state index in [4.69, 9.17) is 4.74 Å². The van der Waals surface area contributed by atoms with Crippen molar-refractivity contribution < 1.29 is 14.3 Å². The number of hydrogen-bond donors (Lipinski definition) is 0. The van der Waals surface area contributed by atoms with Gasteiger partial charge in [-0.3, -0.25) is 9.59 Å². The minimum absolute atomic E-state index is 0.00229. The van der Waals surface area contributed by atoms with E-state index in [1.165, 1.54) is 11.3 Å². The first kappa shape index (κ1) is 15.4. The van der Waals surface area contributed by atoms with Gasteiger partial charge in [0.1, 0.15) is 0 Å². The fourth-order valence-electron chi connectivity index (χ4n) is 3.14. The van der Waals surface area contributed by atoms with Crippen LogP contribution in [0.4, 0.5) is 5.69 Å². The molecule has 1 aromatic carbocycles. The Bertz CT molecular complexity index is 766. The van der Waals surface area contributed by atoms with Crippen molar-refractivity contribution in [2.45, 2.75) is 6.42 Å². The highest BCUT2D eigenvalue weighted by atomic mass is 32.1. The molecule has 0 atom stereocenters. The number of fused-ring (bicyclic) bond motifs is 1. The van der Waals surface area contributed by atoms with Crippen LogP contribution in [0.15, 0.2) is 36.4 Å². The van der Waals surface area contributed by atoms with E-state index in [1.807, 2.05) is 41.3 Å². The van der Waals surface area contributed by atoms with Gasteiger partial charge in [0.15, 0.2) is 0 Å². The third kappa shape index (κ3) is 2.72. The predicted octanol–water partition coefficient (Wildman–Crippen LogP) is 2.42. The van der Waals surface area contributed by atoms with Crippen molar-refractivity contribution in [2.24, 2.45) is 0 Å². The number of nitrogens with zero attached hydrogens (tertiary/aromatic N) is 2. The molecule has 5 nitrogen and oxygen atoms in total. The lowest BCUT2D eigenvalue weighted by Crippen LogP contribution is -2.40. The molecular formula is C18H18N2O3S. The van der Waals surface area contributed by atoms with Crippen LogP contribution < -0.4 is 4.90 Å². The number of thiophene rings is 1. The topological polar surface area (TPSA) is 49.9 Å². The highest BCUT2D eigenvalue weighted by Gasteiger charge is 2.30. The van der Waals surface area contributed by atoms with Gasteiger partial charge < -0.3 is 14.5 Å². The Morgan fingerprint density at radius 3 is 2.50 bits per heavy atom. The van der Waals surface area contributed by atoms with E-state index in [9.17, 15) is 9.59 Å². The molecule has 0 unspecified atom stereocenters. The van der Waals surface area contributed by atoms with Crippen LogP contribution >= 0.6 is 11.3 Å². The summed E-state index contributed by atoms with van der Waals surface area (Å²) in [6.07, 6.45) is 0.814. The lowest BCUT2D eigenvalue weighted by atomic mass is 10.2. The second-order valence-corrected chi connectivity index (χ2v) is 7.03. The molecular weight excluding hydrogens is 324 g/mol. The average Bonchev–Trinajstić information content (AvgIpc) is 3.22. The number of anilines is 1. The summed E-state index contributed by atoms with van der Waals surface area (Å²) in [7, 11) is 0. The minimum atomic E-state index is -0.00229. The van der Waals surface area contributed by atoms with Crippen LogP contribution in [0, 0.1) is 0 Å². The highest BCUT2D eigenvalue weighted by Crippen LogP contribution is 2.37. The van der Waals surface area contributed by atoms with Crippen LogP contribution in [-0.4, -0.2) is 49.6 Å². The molecule has 0 N–H and O–H groups in total. The Kier molecular flexibility index (Phi) is 4.08. The number of morpholine rings is 1. The second kappa shape index (κ2) is 6.37. The third-order valence-electron chi connectivity index (χ3n) is 4.41. The van der Waals surface area contributed by atoms with E-state index in [0.29, 0.717) is 43.3 Å². The van der Waals surface area contributed by atoms with Gasteiger partial charge in [0, 0.05) is 36.5 Å². The number of amides is 2. The van der Waals surface area contributed by atoms with Gasteiger partial charge in [-0.25, -0.2) is 0 Å². The summed E-state index contributed by atoms with van der Waals surface area (Å²) < 4.78 is 5.30. The monoisotopic (exact) mass is 342 g/mol. The summed E-state index contributed by atoms with van der Waals surface area (Å²) in [5.74, 6) is 0.0438. The van der Waals surface area contributed by atoms with Crippen molar-refractivity contribution in [1.29, 1.82) is 0 Å². The molecule has 1 fully saturated rings. The molecule has 0 saturated carbocycles. The van der Waals surface area contributed by atoms with Gasteiger partial charge >= 0.3 is 0 Å². The van der Waals surface area contributed by atoms with E-state index < -0.39 is 0 Å². The van der Waals surface area contributed by atoms with Crippen LogP contribution in [0.3, 0.4) is 0 Å². The number of rotatable bonds is 2. The van der Waals surface area contributed by atoms with E-state index >= 15 is 0 Å². The summed E-state index contributed by atoms with van der Waals surface area (Å²) in [6.45, 7) is 3.13. The predicted molar refractivity (Wildman–Crippen MR) is 92.9 cm³/mol. The number of ether oxygens (including phenoxy) is 1. The molecule has 2 amide bonds. The van der Waals surface area contributed by atoms with Gasteiger partial charge in [0.05, 0.1) is 23.8 Å². The van der Waals surface area contributed by atoms with Gasteiger partial charge in [0.2, 0.25) is 0 Å². The number of carbonyl (C=O) groups is 2. The first-order valence-corrected chi connectivity index (χ1v) is 8.92. The number of benzene rings is 1. The SMILES string of the molecule is O=C(c1cc2c(s1)CCN2C(=O)c1ccccc1)N1CCOCC1. The van der Waals surface area contributed by atoms with Crippen LogP contribution in [0.2, 0.25) is 0 Å². The maximum Gasteiger partial charge on any atom is 0.264 e. The van der Waals surface area contributed by atoms with Gasteiger partial charge in [-0.15, -0.1) is 11.3 Å². The molecule has 2 aliphatic rings. The molecule has 0 radical (unpaired) electrons. The minimum Gasteiger partial charge on any atom is -0.378 e. The van der Waals surface area contributed by atoms with E-state index in [2.05, 4.69) is 0 Å². The molecule has 0 spiro atoms. The van der Waals surface area contributed by atoms with Gasteiger partial charge in [-0.2, -0.15) is 0 Å². The van der Waals surface area contributed by atoms with E-state index in [0.717, 1.165) is 17.0 Å². The molecule has 4 rings (SSSR count). The first-order chi connectivity index (χ1) is 11.7. The lowest BCUT2D eigenvalue weighted by molar-refractivity contribution is 0.0306. The zero-order chi connectivity index (χ0) is 16.5. The lowest BCUT2D eigenvalue weighted by Gasteiger charge is -2.26. The maximum atomic E-state index is 12.7. The largest absolute Gasteiger partial charge is 0.378 e. The van der Waals surface area contributed by atoms with Crippen LogP contribution in [0.1, 0.15) is 24.9 Å². The summed E-state index contributed by atoms with van der Waals surface area (Å²) in [5, 5.41) is 0. The Morgan fingerprint density at radius 2 is 1.75 bits per heavy atom. The van der Waals surface area contributed by atoms with Gasteiger partial charge in [-0.1, -0.05) is 18.2 Å². The fourth-order valence-corrected chi connectivity index (χ4v) is 4.26. The number of carbonyl (C=O) groups excluding carboxylic acids is 2. The molecule has 1 saturated heterocycles. The van der Waals surface area contributed by atoms with Gasteiger partial charge in [-0.05, 0) is 18.2 Å². The maximum absolute atomic E-state index is 12.7. The average molecular weight is 342 g/mol. The standard InChI is InChI=1S/C18H18N2O3S/c21-17(13-4-2-1-3-5-13)20-7-6-15-14(20)12-16(24-15)18(22)19-8-10-23-11-9-19/h1-5,12H,6-11H2. The Hall–Kier alpha value is -2.18. The van der Waals surface area contributed by atoms with Crippen LogP contribution in [0.5, 0.6) is 0 Å². The van der Waals surface area contributed by atoms with E-state index in [1.54, 1.807) is 4.90 Å². The first-order valence-electron chi connectivity index (χ1n) is 8.10. The van der Waals surface area contributed by atoms with Crippen molar-refractivity contribution in [3.63, 3.8) is 0 Å². The smallest absolute Gasteiger partial charge is 0.264 e. The van der Waals surface area contributed by atoms with Crippen molar-refractivity contribution in [1.82, 2.24) is 4.90 Å². The molecule has 24 heavy (non-hydrogen) atoms. The molecule has 124 valence electrons.